The summed E-state index contributed by atoms with van der Waals surface area (Å²) < 4.78 is 13.7. The van der Waals surface area contributed by atoms with Gasteiger partial charge in [0, 0.05) is 17.0 Å². The molecule has 16 heteroatoms. The molecule has 0 aromatic heterocycles. The van der Waals surface area contributed by atoms with E-state index in [1.165, 1.54) is 133 Å². The van der Waals surface area contributed by atoms with Crippen molar-refractivity contribution >= 4 is 75.8 Å². The number of fused-ring (bicyclic) bond motifs is 2. The first-order valence-electron chi connectivity index (χ1n) is 33.7. The molecule has 2 heterocycles. The van der Waals surface area contributed by atoms with Gasteiger partial charge in [0.25, 0.3) is 11.4 Å². The number of halogens is 1. The predicted molar refractivity (Wildman–Crippen MR) is 361 cm³/mol. The fourth-order valence-electron chi connectivity index (χ4n) is 15.8. The maximum absolute atomic E-state index is 13.9. The average molecular weight is 1310 g/mol. The average Bonchev–Trinajstić information content (AvgIpc) is 1.78. The zero-order chi connectivity index (χ0) is 64.3. The van der Waals surface area contributed by atoms with E-state index in [1.54, 1.807) is 6.07 Å². The van der Waals surface area contributed by atoms with Crippen molar-refractivity contribution in [3.05, 3.63) is 66.0 Å². The molecule has 482 valence electrons. The van der Waals surface area contributed by atoms with Crippen LogP contribution in [-0.2, 0) is 25.2 Å². The Kier molecular flexibility index (Phi) is 25.5. The van der Waals surface area contributed by atoms with E-state index in [9.17, 15) is 29.9 Å². The van der Waals surface area contributed by atoms with Gasteiger partial charge >= 0.3 is 11.9 Å². The zero-order valence-electron chi connectivity index (χ0n) is 54.4. The normalized spacial score (nSPS) is 29.7. The van der Waals surface area contributed by atoms with E-state index in [2.05, 4.69) is 51.2 Å². The van der Waals surface area contributed by atoms with Crippen LogP contribution in [0, 0.1) is 107 Å². The molecule has 8 aliphatic rings. The topological polar surface area (TPSA) is 166 Å². The summed E-state index contributed by atoms with van der Waals surface area (Å²) in [6.45, 7) is 33.6. The third kappa shape index (κ3) is 17.7. The number of esters is 2. The Morgan fingerprint density at radius 1 is 0.506 bits per heavy atom. The summed E-state index contributed by atoms with van der Waals surface area (Å²) in [5.74, 6) is 8.21. The third-order valence-corrected chi connectivity index (χ3v) is 27.2. The summed E-state index contributed by atoms with van der Waals surface area (Å²) in [6, 6.07) is 7.31. The number of hydrogen-bond acceptors (Lipinski definition) is 13. The quantitative estimate of drug-likeness (QED) is 0.0545. The van der Waals surface area contributed by atoms with Gasteiger partial charge in [0.1, 0.15) is 23.0 Å². The fraction of sp³-hybridized carbons (Fsp3) is 0.685. The Morgan fingerprint density at radius 3 is 1.19 bits per heavy atom. The van der Waals surface area contributed by atoms with E-state index in [-0.39, 0.29) is 63.2 Å². The Bertz CT molecular complexity index is 3060. The number of phenols is 2. The maximum Gasteiger partial charge on any atom is 0.314 e. The van der Waals surface area contributed by atoms with Gasteiger partial charge in [0.05, 0.1) is 65.2 Å². The molecule has 0 bridgehead atoms. The molecule has 0 atom stereocenters. The predicted octanol–water partition coefficient (Wildman–Crippen LogP) is 21.6. The van der Waals surface area contributed by atoms with E-state index in [1.807, 2.05) is 39.0 Å². The van der Waals surface area contributed by atoms with Crippen LogP contribution in [0.4, 0.5) is 0 Å². The number of hydrogen-bond donors (Lipinski definition) is 2. The molecule has 6 aliphatic carbocycles. The van der Waals surface area contributed by atoms with E-state index in [4.69, 9.17) is 39.5 Å². The number of aromatic hydroxyl groups is 2. The molecule has 6 fully saturated rings. The van der Waals surface area contributed by atoms with Gasteiger partial charge in [-0.15, -0.1) is 0 Å². The van der Waals surface area contributed by atoms with Crippen molar-refractivity contribution in [2.24, 2.45) is 71.0 Å². The molecule has 2 aromatic carbocycles. The van der Waals surface area contributed by atoms with Gasteiger partial charge in [-0.3, -0.25) is 14.4 Å². The number of carbonyl (C=O) groups is 3. The van der Waals surface area contributed by atoms with Crippen LogP contribution in [0.5, 0.6) is 23.0 Å². The monoisotopic (exact) mass is 1300 g/mol. The van der Waals surface area contributed by atoms with Crippen molar-refractivity contribution in [3.8, 4) is 35.1 Å². The van der Waals surface area contributed by atoms with Crippen LogP contribution in [0.1, 0.15) is 247 Å². The molecule has 6 saturated carbocycles. The van der Waals surface area contributed by atoms with Crippen LogP contribution in [0.15, 0.2) is 51.6 Å². The van der Waals surface area contributed by atoms with E-state index < -0.39 is 5.41 Å². The maximum atomic E-state index is 13.9. The molecule has 2 N–H and O–H groups in total. The van der Waals surface area contributed by atoms with Crippen LogP contribution in [0.2, 0.25) is 0 Å². The highest BCUT2D eigenvalue weighted by Gasteiger charge is 2.41. The first kappa shape index (κ1) is 70.6. The van der Waals surface area contributed by atoms with Crippen molar-refractivity contribution in [2.75, 3.05) is 0 Å². The molecule has 0 spiro atoms. The van der Waals surface area contributed by atoms with E-state index >= 15 is 0 Å². The van der Waals surface area contributed by atoms with E-state index in [0.717, 1.165) is 135 Å². The molecule has 0 amide bonds. The van der Waals surface area contributed by atoms with Crippen LogP contribution in [-0.4, -0.2) is 27.4 Å². The summed E-state index contributed by atoms with van der Waals surface area (Å²) in [7, 11) is 0. The van der Waals surface area contributed by atoms with Crippen molar-refractivity contribution in [3.63, 3.8) is 0 Å². The van der Waals surface area contributed by atoms with Crippen molar-refractivity contribution in [1.82, 2.24) is 0 Å². The first-order chi connectivity index (χ1) is 42.5. The van der Waals surface area contributed by atoms with Crippen molar-refractivity contribution in [1.29, 1.82) is 10.5 Å². The highest BCUT2D eigenvalue weighted by molar-refractivity contribution is 8.25. The molecule has 2 aliphatic heterocycles. The second-order valence-electron chi connectivity index (χ2n) is 29.0. The number of allylic oxidation sites excluding steroid dienone is 2. The molecular weight excluding hydrogens is 1210 g/mol. The standard InChI is InChI=1S/C44H60N2O4S2.C15H25ClO.C14H12N2O2S2/c1-7-27-9-13-29(14-10-27)31-17-21-33(22-18-31)41(47)49-37-25-35(44(3,4)5)38(40-39(37)51-43(52-40)36(26-45)46-6)50-42(48)34-23-19-32(20-24-34)30-15-11-28(8-2)12-16-30;1-2-11-3-5-12(6-4-11)13-7-9-14(10-8-13)15(16)17;1-14(2,3)7-5-9(17)11-12(10(7)18)20-13(19-11)8(6-15)16-4/h25,27-34H,7-24H2,1-5H3;11-14H,2-10H2,1H3;5,17-18H,1-3H3/b43-36-;;13-8-. The largest absolute Gasteiger partial charge is 0.507 e. The fourth-order valence-corrected chi connectivity index (χ4v) is 20.9. The molecule has 0 saturated heterocycles. The van der Waals surface area contributed by atoms with Gasteiger partial charge in [-0.05, 0) is 203 Å². The third-order valence-electron chi connectivity index (χ3n) is 21.7. The summed E-state index contributed by atoms with van der Waals surface area (Å²) in [5, 5.41) is 39.1. The minimum Gasteiger partial charge on any atom is -0.507 e. The Morgan fingerprint density at radius 2 is 0.843 bits per heavy atom. The number of nitrogens with zero attached hydrogens (tertiary/aromatic N) is 4. The molecule has 0 unspecified atom stereocenters. The summed E-state index contributed by atoms with van der Waals surface area (Å²) >= 11 is 10.5. The van der Waals surface area contributed by atoms with Crippen LogP contribution in [0.3, 0.4) is 0 Å². The second-order valence-corrected chi connectivity index (χ2v) is 34.0. The van der Waals surface area contributed by atoms with Gasteiger partial charge in [-0.1, -0.05) is 167 Å². The first-order valence-corrected chi connectivity index (χ1v) is 37.3. The number of phenolic OH excluding ortho intramolecular Hbond substituents is 2. The molecule has 89 heavy (non-hydrogen) atoms. The zero-order valence-corrected chi connectivity index (χ0v) is 58.4. The number of benzene rings is 2. The van der Waals surface area contributed by atoms with E-state index in [0.29, 0.717) is 57.0 Å². The van der Waals surface area contributed by atoms with Crippen LogP contribution >= 0.6 is 58.6 Å². The minimum atomic E-state index is -0.425. The number of carbonyl (C=O) groups excluding carboxylic acids is 3. The smallest absolute Gasteiger partial charge is 0.314 e. The number of thioether (sulfide) groups is 4. The lowest BCUT2D eigenvalue weighted by Gasteiger charge is -2.37. The number of rotatable bonds is 11. The molecular formula is C73H97ClN4O7S4. The summed E-state index contributed by atoms with van der Waals surface area (Å²) in [4.78, 5) is 47.9. The Labute approximate surface area is 554 Å². The SMILES string of the molecule is CCC1CCC(C2CCC(C(=O)Cl)CC2)CC1.[C-]#[N+]/C(C#N)=C1/Sc2c(O)cc(C(C)(C)C)c(O)c2S1.[C-]#[N+]/C(C#N)=C1/Sc2c(OC(=O)C3CCC(C4CCC(CC)CC4)CC3)cc(C(C)(C)C)c(OC(=O)C3CCC(C4CCC(CC)CC4)CC3)c2S1. The highest BCUT2D eigenvalue weighted by Crippen LogP contribution is 2.63. The summed E-state index contributed by atoms with van der Waals surface area (Å²) in [6.07, 6.45) is 32.7. The molecule has 10 rings (SSSR count). The lowest BCUT2D eigenvalue weighted by atomic mass is 9.69. The lowest BCUT2D eigenvalue weighted by Crippen LogP contribution is -2.31. The van der Waals surface area contributed by atoms with Crippen LogP contribution in [0.25, 0.3) is 9.69 Å². The van der Waals surface area contributed by atoms with Gasteiger partial charge < -0.3 is 19.7 Å². The lowest BCUT2D eigenvalue weighted by molar-refractivity contribution is -0.142. The van der Waals surface area contributed by atoms with Crippen LogP contribution < -0.4 is 9.47 Å². The van der Waals surface area contributed by atoms with Gasteiger partial charge in [0.2, 0.25) is 5.24 Å². The van der Waals surface area contributed by atoms with Crippen molar-refractivity contribution in [2.45, 2.75) is 266 Å². The molecule has 11 nitrogen and oxygen atoms in total. The second kappa shape index (κ2) is 32.1. The Hall–Kier alpha value is -4.22. The number of nitriles is 2. The molecule has 2 aromatic rings. The number of ether oxygens (including phenoxy) is 2. The van der Waals surface area contributed by atoms with Gasteiger partial charge in [-0.25, -0.2) is 20.2 Å². The van der Waals surface area contributed by atoms with Gasteiger partial charge in [0.15, 0.2) is 0 Å². The Balaban J connectivity index is 0.000000223. The van der Waals surface area contributed by atoms with Gasteiger partial charge in [-0.2, -0.15) is 0 Å². The molecule has 0 radical (unpaired) electrons. The van der Waals surface area contributed by atoms with Crippen molar-refractivity contribution < 1.29 is 34.1 Å². The highest BCUT2D eigenvalue weighted by atomic mass is 35.5. The summed E-state index contributed by atoms with van der Waals surface area (Å²) in [5.41, 5.74) is 0.676. The minimum absolute atomic E-state index is 0.00403.